The molecule has 0 aromatic heterocycles. The minimum atomic E-state index is -4.41. The lowest BCUT2D eigenvalue weighted by atomic mass is 10.0. The highest BCUT2D eigenvalue weighted by molar-refractivity contribution is 5.77. The van der Waals surface area contributed by atoms with Crippen molar-refractivity contribution >= 4 is 5.91 Å². The van der Waals surface area contributed by atoms with E-state index >= 15 is 0 Å². The van der Waals surface area contributed by atoms with Gasteiger partial charge < -0.3 is 10.1 Å². The van der Waals surface area contributed by atoms with E-state index in [-0.39, 0.29) is 6.04 Å². The first-order valence-corrected chi connectivity index (χ1v) is 5.79. The van der Waals surface area contributed by atoms with Crippen LogP contribution in [-0.2, 0) is 9.53 Å². The zero-order valence-corrected chi connectivity index (χ0v) is 10.8. The van der Waals surface area contributed by atoms with Gasteiger partial charge in [-0.05, 0) is 25.0 Å². The molecule has 106 valence electrons. The number of rotatable bonds is 5. The molecule has 3 nitrogen and oxygen atoms in total. The molecule has 19 heavy (non-hydrogen) atoms. The fourth-order valence-corrected chi connectivity index (χ4v) is 1.69. The lowest BCUT2D eigenvalue weighted by Crippen LogP contribution is -2.32. The van der Waals surface area contributed by atoms with E-state index < -0.39 is 25.3 Å². The first kappa shape index (κ1) is 15.5. The lowest BCUT2D eigenvalue weighted by Gasteiger charge is -2.16. The number of ether oxygens (including phenoxy) is 1. The largest absolute Gasteiger partial charge is 0.411 e. The van der Waals surface area contributed by atoms with Crippen LogP contribution in [0, 0.1) is 6.92 Å². The van der Waals surface area contributed by atoms with E-state index in [1.165, 1.54) is 0 Å². The molecule has 1 amide bonds. The fraction of sp³-hybridized carbons (Fsp3) is 0.462. The molecule has 0 aliphatic rings. The molecule has 0 saturated heterocycles. The number of aryl methyl sites for hydroxylation is 1. The van der Waals surface area contributed by atoms with Crippen LogP contribution in [0.15, 0.2) is 24.3 Å². The van der Waals surface area contributed by atoms with Crippen molar-refractivity contribution in [2.75, 3.05) is 13.2 Å². The smallest absolute Gasteiger partial charge is 0.362 e. The van der Waals surface area contributed by atoms with Crippen molar-refractivity contribution in [3.8, 4) is 0 Å². The fourth-order valence-electron chi connectivity index (χ4n) is 1.69. The zero-order valence-electron chi connectivity index (χ0n) is 10.8. The molecule has 0 aliphatic carbocycles. The van der Waals surface area contributed by atoms with Crippen molar-refractivity contribution in [3.05, 3.63) is 35.4 Å². The third-order valence-electron chi connectivity index (χ3n) is 2.53. The van der Waals surface area contributed by atoms with Crippen molar-refractivity contribution in [2.45, 2.75) is 26.1 Å². The van der Waals surface area contributed by atoms with Crippen molar-refractivity contribution in [2.24, 2.45) is 0 Å². The van der Waals surface area contributed by atoms with Crippen LogP contribution in [0.25, 0.3) is 0 Å². The van der Waals surface area contributed by atoms with Gasteiger partial charge in [0, 0.05) is 0 Å². The van der Waals surface area contributed by atoms with E-state index in [4.69, 9.17) is 0 Å². The Morgan fingerprint density at radius 2 is 2.00 bits per heavy atom. The van der Waals surface area contributed by atoms with Gasteiger partial charge in [0.05, 0.1) is 6.04 Å². The minimum absolute atomic E-state index is 0.275. The molecule has 1 rings (SSSR count). The second-order valence-corrected chi connectivity index (χ2v) is 4.25. The van der Waals surface area contributed by atoms with E-state index in [1.54, 1.807) is 6.92 Å². The number of benzene rings is 1. The molecule has 0 saturated carbocycles. The summed E-state index contributed by atoms with van der Waals surface area (Å²) in [5, 5.41) is 2.59. The molecule has 1 aromatic carbocycles. The van der Waals surface area contributed by atoms with E-state index in [1.807, 2.05) is 31.2 Å². The standard InChI is InChI=1S/C13H16F3NO2/c1-9-5-3-4-6-11(9)10(2)17-12(18)7-19-8-13(14,15)16/h3-6,10H,7-8H2,1-2H3,(H,17,18). The second-order valence-electron chi connectivity index (χ2n) is 4.25. The summed E-state index contributed by atoms with van der Waals surface area (Å²) < 4.78 is 39.8. The second kappa shape index (κ2) is 6.56. The summed E-state index contributed by atoms with van der Waals surface area (Å²) in [7, 11) is 0. The predicted molar refractivity (Wildman–Crippen MR) is 64.6 cm³/mol. The third kappa shape index (κ3) is 5.74. The van der Waals surface area contributed by atoms with Gasteiger partial charge in [-0.1, -0.05) is 24.3 Å². The van der Waals surface area contributed by atoms with Gasteiger partial charge >= 0.3 is 6.18 Å². The van der Waals surface area contributed by atoms with E-state index in [0.29, 0.717) is 0 Å². The topological polar surface area (TPSA) is 38.3 Å². The number of hydrogen-bond donors (Lipinski definition) is 1. The Morgan fingerprint density at radius 1 is 1.37 bits per heavy atom. The zero-order chi connectivity index (χ0) is 14.5. The van der Waals surface area contributed by atoms with Crippen molar-refractivity contribution in [1.29, 1.82) is 0 Å². The van der Waals surface area contributed by atoms with Crippen LogP contribution < -0.4 is 5.32 Å². The molecule has 0 spiro atoms. The number of halogens is 3. The SMILES string of the molecule is Cc1ccccc1C(C)NC(=O)COCC(F)(F)F. The Bertz CT molecular complexity index is 432. The molecule has 0 fully saturated rings. The number of nitrogens with one attached hydrogen (secondary N) is 1. The van der Waals surface area contributed by atoms with Crippen molar-refractivity contribution in [3.63, 3.8) is 0 Å². The highest BCUT2D eigenvalue weighted by Crippen LogP contribution is 2.17. The molecule has 1 unspecified atom stereocenters. The van der Waals surface area contributed by atoms with E-state index in [2.05, 4.69) is 10.1 Å². The maximum absolute atomic E-state index is 11.8. The summed E-state index contributed by atoms with van der Waals surface area (Å²) in [5.41, 5.74) is 1.93. The number of hydrogen-bond acceptors (Lipinski definition) is 2. The molecule has 0 radical (unpaired) electrons. The lowest BCUT2D eigenvalue weighted by molar-refractivity contribution is -0.175. The molecule has 0 bridgehead atoms. The number of alkyl halides is 3. The number of carbonyl (C=O) groups is 1. The van der Waals surface area contributed by atoms with E-state index in [0.717, 1.165) is 11.1 Å². The van der Waals surface area contributed by atoms with Crippen LogP contribution in [0.3, 0.4) is 0 Å². The Labute approximate surface area is 109 Å². The molecule has 0 heterocycles. The predicted octanol–water partition coefficient (Wildman–Crippen LogP) is 2.75. The average Bonchev–Trinajstić information content (AvgIpc) is 2.27. The van der Waals surface area contributed by atoms with Gasteiger partial charge in [-0.25, -0.2) is 0 Å². The summed E-state index contributed by atoms with van der Waals surface area (Å²) in [6.07, 6.45) is -4.41. The van der Waals surface area contributed by atoms with Gasteiger partial charge in [-0.2, -0.15) is 13.2 Å². The van der Waals surface area contributed by atoms with Gasteiger partial charge in [-0.15, -0.1) is 0 Å². The maximum atomic E-state index is 11.8. The number of carbonyl (C=O) groups excluding carboxylic acids is 1. The summed E-state index contributed by atoms with van der Waals surface area (Å²) in [6.45, 7) is 1.65. The molecular formula is C13H16F3NO2. The molecule has 1 atom stereocenters. The van der Waals surface area contributed by atoms with Crippen LogP contribution in [-0.4, -0.2) is 25.3 Å². The molecule has 0 aliphatic heterocycles. The first-order chi connectivity index (χ1) is 8.79. The summed E-state index contributed by atoms with van der Waals surface area (Å²) in [6, 6.07) is 7.20. The normalized spacial score (nSPS) is 13.1. The Morgan fingerprint density at radius 3 is 2.58 bits per heavy atom. The Balaban J connectivity index is 2.43. The van der Waals surface area contributed by atoms with Crippen LogP contribution in [0.1, 0.15) is 24.1 Å². The van der Waals surface area contributed by atoms with Crippen LogP contribution >= 0.6 is 0 Å². The van der Waals surface area contributed by atoms with Gasteiger partial charge in [0.15, 0.2) is 0 Å². The van der Waals surface area contributed by atoms with Gasteiger partial charge in [0.25, 0.3) is 0 Å². The third-order valence-corrected chi connectivity index (χ3v) is 2.53. The molecule has 6 heteroatoms. The maximum Gasteiger partial charge on any atom is 0.411 e. The summed E-state index contributed by atoms with van der Waals surface area (Å²) in [5.74, 6) is -0.569. The van der Waals surface area contributed by atoms with Crippen molar-refractivity contribution in [1.82, 2.24) is 5.32 Å². The molecular weight excluding hydrogens is 259 g/mol. The average molecular weight is 275 g/mol. The van der Waals surface area contributed by atoms with Gasteiger partial charge in [-0.3, -0.25) is 4.79 Å². The highest BCUT2D eigenvalue weighted by Gasteiger charge is 2.27. The first-order valence-electron chi connectivity index (χ1n) is 5.79. The van der Waals surface area contributed by atoms with Crippen molar-refractivity contribution < 1.29 is 22.7 Å². The van der Waals surface area contributed by atoms with Crippen LogP contribution in [0.2, 0.25) is 0 Å². The van der Waals surface area contributed by atoms with E-state index in [9.17, 15) is 18.0 Å². The Kier molecular flexibility index (Phi) is 5.35. The molecule has 1 aromatic rings. The number of amides is 1. The summed E-state index contributed by atoms with van der Waals surface area (Å²) in [4.78, 5) is 11.4. The van der Waals surface area contributed by atoms with Crippen LogP contribution in [0.5, 0.6) is 0 Å². The van der Waals surface area contributed by atoms with Gasteiger partial charge in [0.1, 0.15) is 13.2 Å². The quantitative estimate of drug-likeness (QED) is 0.897. The monoisotopic (exact) mass is 275 g/mol. The summed E-state index contributed by atoms with van der Waals surface area (Å²) >= 11 is 0. The van der Waals surface area contributed by atoms with Gasteiger partial charge in [0.2, 0.25) is 5.91 Å². The highest BCUT2D eigenvalue weighted by atomic mass is 19.4. The Hall–Kier alpha value is -1.56. The van der Waals surface area contributed by atoms with Crippen LogP contribution in [0.4, 0.5) is 13.2 Å². The molecule has 1 N–H and O–H groups in total. The minimum Gasteiger partial charge on any atom is -0.362 e.